The van der Waals surface area contributed by atoms with E-state index < -0.39 is 0 Å². The predicted molar refractivity (Wildman–Crippen MR) is 90.8 cm³/mol. The Kier molecular flexibility index (Phi) is 7.85. The van der Waals surface area contributed by atoms with E-state index >= 15 is 0 Å². The van der Waals surface area contributed by atoms with Crippen molar-refractivity contribution in [2.45, 2.75) is 25.4 Å². The van der Waals surface area contributed by atoms with E-state index in [0.717, 1.165) is 24.9 Å². The molecule has 6 nitrogen and oxygen atoms in total. The first kappa shape index (κ1) is 19.3. The fraction of sp³-hybridized carbons (Fsp3) is 0.500. The molecule has 1 atom stereocenters. The number of ether oxygens (including phenoxy) is 1. The van der Waals surface area contributed by atoms with E-state index in [-0.39, 0.29) is 36.9 Å². The van der Waals surface area contributed by atoms with Crippen LogP contribution in [0.3, 0.4) is 0 Å². The molecule has 0 aromatic heterocycles. The summed E-state index contributed by atoms with van der Waals surface area (Å²) in [6.07, 6.45) is 1.93. The van der Waals surface area contributed by atoms with Crippen molar-refractivity contribution in [3.05, 3.63) is 29.8 Å². The highest BCUT2D eigenvalue weighted by Gasteiger charge is 2.21. The number of nitrogens with zero attached hydrogens (tertiary/aromatic N) is 1. The number of amides is 2. The van der Waals surface area contributed by atoms with Crippen LogP contribution in [-0.4, -0.2) is 50.0 Å². The van der Waals surface area contributed by atoms with Gasteiger partial charge in [-0.15, -0.1) is 12.4 Å². The van der Waals surface area contributed by atoms with Gasteiger partial charge >= 0.3 is 0 Å². The predicted octanol–water partition coefficient (Wildman–Crippen LogP) is 0.944. The fourth-order valence-electron chi connectivity index (χ4n) is 2.24. The Hall–Kier alpha value is -1.79. The molecule has 2 N–H and O–H groups in total. The molecule has 128 valence electrons. The first-order chi connectivity index (χ1) is 10.6. The molecule has 1 unspecified atom stereocenters. The second kappa shape index (κ2) is 9.37. The van der Waals surface area contributed by atoms with Crippen LogP contribution < -0.4 is 15.4 Å². The Balaban J connectivity index is 0.00000264. The van der Waals surface area contributed by atoms with Gasteiger partial charge in [0.05, 0.1) is 6.04 Å². The number of carbonyl (C=O) groups is 2. The standard InChI is InChI=1S/C16H23N3O3.ClH/c1-19(2)15(20)11-22-13-6-3-5-12(9-13)10-18-16(21)14-7-4-8-17-14;/h3,5-6,9,14,17H,4,7-8,10-11H2,1-2H3,(H,18,21);1H. The largest absolute Gasteiger partial charge is 0.484 e. The van der Waals surface area contributed by atoms with Crippen LogP contribution in [0.2, 0.25) is 0 Å². The molecule has 0 bridgehead atoms. The van der Waals surface area contributed by atoms with Gasteiger partial charge in [-0.05, 0) is 37.1 Å². The summed E-state index contributed by atoms with van der Waals surface area (Å²) < 4.78 is 5.46. The lowest BCUT2D eigenvalue weighted by Crippen LogP contribution is -2.39. The zero-order chi connectivity index (χ0) is 15.9. The first-order valence-corrected chi connectivity index (χ1v) is 7.49. The Bertz CT molecular complexity index is 531. The summed E-state index contributed by atoms with van der Waals surface area (Å²) in [5.74, 6) is 0.568. The lowest BCUT2D eigenvalue weighted by molar-refractivity contribution is -0.130. The molecule has 1 saturated heterocycles. The number of halogens is 1. The maximum Gasteiger partial charge on any atom is 0.259 e. The Labute approximate surface area is 143 Å². The van der Waals surface area contributed by atoms with Crippen molar-refractivity contribution in [3.8, 4) is 5.75 Å². The molecule has 2 rings (SSSR count). The van der Waals surface area contributed by atoms with Crippen molar-refractivity contribution in [2.24, 2.45) is 0 Å². The van der Waals surface area contributed by atoms with Crippen molar-refractivity contribution in [3.63, 3.8) is 0 Å². The molecule has 2 amide bonds. The van der Waals surface area contributed by atoms with E-state index in [1.807, 2.05) is 18.2 Å². The lowest BCUT2D eigenvalue weighted by Gasteiger charge is -2.13. The van der Waals surface area contributed by atoms with Gasteiger partial charge in [0.1, 0.15) is 5.75 Å². The lowest BCUT2D eigenvalue weighted by atomic mass is 10.2. The SMILES string of the molecule is CN(C)C(=O)COc1cccc(CNC(=O)C2CCCN2)c1.Cl. The van der Waals surface area contributed by atoms with Crippen molar-refractivity contribution in [1.82, 2.24) is 15.5 Å². The third kappa shape index (κ3) is 6.08. The molecule has 1 heterocycles. The minimum Gasteiger partial charge on any atom is -0.484 e. The Morgan fingerprint density at radius 2 is 2.17 bits per heavy atom. The molecule has 23 heavy (non-hydrogen) atoms. The highest BCUT2D eigenvalue weighted by Crippen LogP contribution is 2.13. The summed E-state index contributed by atoms with van der Waals surface area (Å²) in [7, 11) is 3.38. The molecule has 1 fully saturated rings. The molecule has 7 heteroatoms. The van der Waals surface area contributed by atoms with Gasteiger partial charge in [-0.3, -0.25) is 9.59 Å². The molecule has 0 spiro atoms. The van der Waals surface area contributed by atoms with E-state index in [9.17, 15) is 9.59 Å². The van der Waals surface area contributed by atoms with Gasteiger partial charge in [0, 0.05) is 20.6 Å². The zero-order valence-electron chi connectivity index (χ0n) is 13.5. The quantitative estimate of drug-likeness (QED) is 0.808. The van der Waals surface area contributed by atoms with Crippen LogP contribution in [0.15, 0.2) is 24.3 Å². The number of hydrogen-bond donors (Lipinski definition) is 2. The van der Waals surface area contributed by atoms with Crippen LogP contribution in [0.25, 0.3) is 0 Å². The van der Waals surface area contributed by atoms with Crippen molar-refractivity contribution in [1.29, 1.82) is 0 Å². The molecule has 0 saturated carbocycles. The maximum absolute atomic E-state index is 11.9. The molecular formula is C16H24ClN3O3. The van der Waals surface area contributed by atoms with Crippen LogP contribution in [0, 0.1) is 0 Å². The number of nitrogens with one attached hydrogen (secondary N) is 2. The monoisotopic (exact) mass is 341 g/mol. The fourth-order valence-corrected chi connectivity index (χ4v) is 2.24. The van der Waals surface area contributed by atoms with Gasteiger partial charge in [0.15, 0.2) is 6.61 Å². The second-order valence-electron chi connectivity index (χ2n) is 5.59. The first-order valence-electron chi connectivity index (χ1n) is 7.49. The van der Waals surface area contributed by atoms with Crippen molar-refractivity contribution in [2.75, 3.05) is 27.2 Å². The van der Waals surface area contributed by atoms with Crippen LogP contribution in [-0.2, 0) is 16.1 Å². The average molecular weight is 342 g/mol. The van der Waals surface area contributed by atoms with Gasteiger partial charge in [0.2, 0.25) is 5.91 Å². The van der Waals surface area contributed by atoms with Gasteiger partial charge < -0.3 is 20.3 Å². The molecule has 0 aliphatic carbocycles. The van der Waals surface area contributed by atoms with Crippen molar-refractivity contribution >= 4 is 24.2 Å². The van der Waals surface area contributed by atoms with Crippen LogP contribution >= 0.6 is 12.4 Å². The topological polar surface area (TPSA) is 70.7 Å². The van der Waals surface area contributed by atoms with Crippen LogP contribution in [0.4, 0.5) is 0 Å². The molecule has 1 aliphatic heterocycles. The number of likely N-dealkylation sites (N-methyl/N-ethyl adjacent to an activating group) is 1. The van der Waals surface area contributed by atoms with E-state index in [4.69, 9.17) is 4.74 Å². The number of hydrogen-bond acceptors (Lipinski definition) is 4. The molecule has 0 radical (unpaired) electrons. The third-order valence-corrected chi connectivity index (χ3v) is 3.60. The third-order valence-electron chi connectivity index (χ3n) is 3.60. The van der Waals surface area contributed by atoms with Gasteiger partial charge in [-0.2, -0.15) is 0 Å². The Morgan fingerprint density at radius 3 is 2.83 bits per heavy atom. The van der Waals surface area contributed by atoms with E-state index in [2.05, 4.69) is 10.6 Å². The molecule has 1 aliphatic rings. The summed E-state index contributed by atoms with van der Waals surface area (Å²) >= 11 is 0. The van der Waals surface area contributed by atoms with Gasteiger partial charge in [0.25, 0.3) is 5.91 Å². The number of carbonyl (C=O) groups excluding carboxylic acids is 2. The highest BCUT2D eigenvalue weighted by atomic mass is 35.5. The van der Waals surface area contributed by atoms with Gasteiger partial charge in [-0.25, -0.2) is 0 Å². The zero-order valence-corrected chi connectivity index (χ0v) is 14.3. The molecular weight excluding hydrogens is 318 g/mol. The Morgan fingerprint density at radius 1 is 1.39 bits per heavy atom. The summed E-state index contributed by atoms with van der Waals surface area (Å²) in [6.45, 7) is 1.37. The maximum atomic E-state index is 11.9. The second-order valence-corrected chi connectivity index (χ2v) is 5.59. The van der Waals surface area contributed by atoms with Crippen LogP contribution in [0.1, 0.15) is 18.4 Å². The average Bonchev–Trinajstić information content (AvgIpc) is 3.05. The highest BCUT2D eigenvalue weighted by molar-refractivity contribution is 5.85. The molecule has 1 aromatic rings. The van der Waals surface area contributed by atoms with Gasteiger partial charge in [-0.1, -0.05) is 12.1 Å². The number of benzene rings is 1. The van der Waals surface area contributed by atoms with E-state index in [0.29, 0.717) is 12.3 Å². The normalized spacial score (nSPS) is 16.3. The minimum absolute atomic E-state index is 0. The van der Waals surface area contributed by atoms with E-state index in [1.165, 1.54) is 4.90 Å². The number of rotatable bonds is 6. The summed E-state index contributed by atoms with van der Waals surface area (Å²) in [4.78, 5) is 24.9. The summed E-state index contributed by atoms with van der Waals surface area (Å²) in [5, 5.41) is 6.09. The summed E-state index contributed by atoms with van der Waals surface area (Å²) in [6, 6.07) is 7.34. The van der Waals surface area contributed by atoms with E-state index in [1.54, 1.807) is 20.2 Å². The van der Waals surface area contributed by atoms with Crippen molar-refractivity contribution < 1.29 is 14.3 Å². The summed E-state index contributed by atoms with van der Waals surface area (Å²) in [5.41, 5.74) is 0.946. The van der Waals surface area contributed by atoms with Crippen LogP contribution in [0.5, 0.6) is 5.75 Å². The smallest absolute Gasteiger partial charge is 0.259 e. The molecule has 1 aromatic carbocycles. The minimum atomic E-state index is -0.0917.